The van der Waals surface area contributed by atoms with E-state index in [-0.39, 0.29) is 22.8 Å². The summed E-state index contributed by atoms with van der Waals surface area (Å²) in [4.78, 5) is 12.8. The van der Waals surface area contributed by atoms with E-state index in [9.17, 15) is 35.8 Å². The van der Waals surface area contributed by atoms with Gasteiger partial charge in [0.05, 0.1) is 94.5 Å². The highest BCUT2D eigenvalue weighted by Crippen LogP contribution is 2.51. The van der Waals surface area contributed by atoms with Gasteiger partial charge >= 0.3 is 5.97 Å². The topological polar surface area (TPSA) is 238 Å². The molecule has 2 aromatic rings. The van der Waals surface area contributed by atoms with E-state index in [0.717, 1.165) is 22.8 Å². The molecule has 0 amide bonds. The van der Waals surface area contributed by atoms with Gasteiger partial charge in [-0.2, -0.15) is 13.0 Å². The average molecular weight is 1040 g/mol. The summed E-state index contributed by atoms with van der Waals surface area (Å²) in [6.07, 6.45) is 12.2. The lowest BCUT2D eigenvalue weighted by atomic mass is 9.76. The Labute approximate surface area is 419 Å². The number of nitrogens with zero attached hydrogens (tertiary/aromatic N) is 2. The number of rotatable bonds is 38. The van der Waals surface area contributed by atoms with Gasteiger partial charge in [-0.15, -0.1) is 0 Å². The normalized spacial score (nSPS) is 18.7. The zero-order valence-corrected chi connectivity index (χ0v) is 43.5. The second-order valence-corrected chi connectivity index (χ2v) is 20.1. The molecule has 0 radical (unpaired) electrons. The smallest absolute Gasteiger partial charge is 0.303 e. The van der Waals surface area contributed by atoms with Gasteiger partial charge in [0.1, 0.15) is 16.7 Å². The Hall–Kier alpha value is -3.94. The number of carboxylic acids is 1. The fourth-order valence-electron chi connectivity index (χ4n) is 8.57. The van der Waals surface area contributed by atoms with Gasteiger partial charge in [0, 0.05) is 82.0 Å². The first-order chi connectivity index (χ1) is 34.0. The standard InChI is InChI=1S/C50H74N2O17S2/c1-49(19-23-64-30-32-68-36-34-66-28-26-62-4)42-38-40(70(55,56)57)15-17-44(42)51(21-11-7-10-14-48(53)54)46(49)12-8-6-9-13-47-50(2,20-24-65-31-33-69-37-35-67-29-27-63-5)43-39-41(71(58,59)60)16-18-45(43)52(47)22-25-61-3/h6,8-9,12-13,15-18,38-39H,7,10-11,14,19-37H2,1-5H3,(H2-,53,54,55,56,57,58,59,60). The van der Waals surface area contributed by atoms with Crippen molar-refractivity contribution in [3.8, 4) is 0 Å². The number of methoxy groups -OCH3 is 3. The molecule has 2 atom stereocenters. The van der Waals surface area contributed by atoms with Crippen molar-refractivity contribution in [1.29, 1.82) is 0 Å². The number of anilines is 1. The Morgan fingerprint density at radius 1 is 0.648 bits per heavy atom. The predicted octanol–water partition coefficient (Wildman–Crippen LogP) is 5.43. The number of allylic oxidation sites excluding steroid dienone is 6. The molecule has 2 unspecified atom stereocenters. The van der Waals surface area contributed by atoms with Crippen molar-refractivity contribution >= 4 is 43.3 Å². The molecular weight excluding hydrogens is 965 g/mol. The van der Waals surface area contributed by atoms with Crippen molar-refractivity contribution in [2.75, 3.05) is 138 Å². The molecule has 71 heavy (non-hydrogen) atoms. The summed E-state index contributed by atoms with van der Waals surface area (Å²) in [5.41, 5.74) is 2.90. The zero-order chi connectivity index (χ0) is 51.8. The van der Waals surface area contributed by atoms with E-state index < -0.39 is 37.0 Å². The van der Waals surface area contributed by atoms with Crippen LogP contribution in [-0.2, 0) is 78.5 Å². The first-order valence-corrected chi connectivity index (χ1v) is 26.7. The Morgan fingerprint density at radius 3 is 1.70 bits per heavy atom. The van der Waals surface area contributed by atoms with Crippen LogP contribution < -0.4 is 4.90 Å². The van der Waals surface area contributed by atoms with Gasteiger partial charge in [-0.3, -0.25) is 9.35 Å². The maximum atomic E-state index is 12.4. The number of aliphatic carboxylic acids is 1. The van der Waals surface area contributed by atoms with Crippen molar-refractivity contribution in [3.05, 3.63) is 83.6 Å². The van der Waals surface area contributed by atoms with Gasteiger partial charge in [0.25, 0.3) is 10.1 Å². The van der Waals surface area contributed by atoms with Crippen LogP contribution in [-0.4, -0.2) is 181 Å². The minimum atomic E-state index is -4.79. The summed E-state index contributed by atoms with van der Waals surface area (Å²) >= 11 is 0. The molecule has 2 aliphatic rings. The lowest BCUT2D eigenvalue weighted by Crippen LogP contribution is -2.33. The third-order valence-electron chi connectivity index (χ3n) is 12.4. The number of unbranched alkanes of at least 4 members (excludes halogenated alkanes) is 2. The van der Waals surface area contributed by atoms with Crippen LogP contribution in [0.5, 0.6) is 0 Å². The van der Waals surface area contributed by atoms with Crippen LogP contribution in [0.2, 0.25) is 0 Å². The van der Waals surface area contributed by atoms with E-state index in [0.29, 0.717) is 149 Å². The van der Waals surface area contributed by atoms with Crippen molar-refractivity contribution in [3.63, 3.8) is 0 Å². The third kappa shape index (κ3) is 18.2. The molecule has 0 aromatic heterocycles. The monoisotopic (exact) mass is 1040 g/mol. The molecule has 19 nitrogen and oxygen atoms in total. The van der Waals surface area contributed by atoms with Crippen LogP contribution in [0, 0.1) is 0 Å². The van der Waals surface area contributed by atoms with E-state index in [1.54, 1.807) is 33.5 Å². The number of hydrogen-bond donors (Lipinski definition) is 2. The quantitative estimate of drug-likeness (QED) is 0.0369. The van der Waals surface area contributed by atoms with Gasteiger partial charge in [-0.25, -0.2) is 8.42 Å². The fourth-order valence-corrected chi connectivity index (χ4v) is 9.57. The molecule has 0 saturated heterocycles. The largest absolute Gasteiger partial charge is 0.744 e. The molecule has 2 aromatic carbocycles. The number of fused-ring (bicyclic) bond motifs is 2. The summed E-state index contributed by atoms with van der Waals surface area (Å²) in [7, 11) is -4.51. The Bertz CT molecular complexity index is 2340. The van der Waals surface area contributed by atoms with Crippen LogP contribution in [0.25, 0.3) is 0 Å². The number of benzene rings is 2. The zero-order valence-electron chi connectivity index (χ0n) is 41.8. The molecule has 0 fully saturated rings. The second-order valence-electron chi connectivity index (χ2n) is 17.3. The minimum Gasteiger partial charge on any atom is -0.744 e. The van der Waals surface area contributed by atoms with Crippen molar-refractivity contribution in [2.24, 2.45) is 0 Å². The molecule has 2 heterocycles. The third-order valence-corrected chi connectivity index (χ3v) is 14.1. The van der Waals surface area contributed by atoms with E-state index in [1.165, 1.54) is 24.3 Å². The molecule has 21 heteroatoms. The molecule has 398 valence electrons. The maximum Gasteiger partial charge on any atom is 0.303 e. The molecule has 2 N–H and O–H groups in total. The molecule has 0 saturated carbocycles. The number of hydrogen-bond acceptors (Lipinski definition) is 16. The Kier molecular flexibility index (Phi) is 25.4. The Balaban J connectivity index is 1.65. The van der Waals surface area contributed by atoms with Crippen LogP contribution in [0.1, 0.15) is 63.5 Å². The fraction of sp³-hybridized carbons (Fsp3) is 0.600. The van der Waals surface area contributed by atoms with Gasteiger partial charge in [-0.05, 0) is 81.5 Å². The van der Waals surface area contributed by atoms with E-state index in [4.69, 9.17) is 42.6 Å². The Morgan fingerprint density at radius 2 is 1.17 bits per heavy atom. The highest BCUT2D eigenvalue weighted by molar-refractivity contribution is 7.86. The molecule has 0 aliphatic carbocycles. The molecule has 2 aliphatic heterocycles. The minimum absolute atomic E-state index is 0.0426. The SMILES string of the molecule is COCCOCCOCCOCCC1(C)C(/C=C/C=C/C=C2/N(CCCCCC(=O)O)c3ccc(S(=O)(=O)[O-])cc3C2(C)CCOCCOCCOCCOC)=[N+](CCOC)c2ccc(S(=O)(=O)O)cc21. The summed E-state index contributed by atoms with van der Waals surface area (Å²) in [5, 5.41) is 9.25. The van der Waals surface area contributed by atoms with Crippen molar-refractivity contribution in [1.82, 2.24) is 0 Å². The van der Waals surface area contributed by atoms with Gasteiger partial charge in [0.15, 0.2) is 12.3 Å². The van der Waals surface area contributed by atoms with Crippen LogP contribution in [0.4, 0.5) is 11.4 Å². The predicted molar refractivity (Wildman–Crippen MR) is 265 cm³/mol. The molecule has 4 rings (SSSR count). The molecular formula is C50H74N2O17S2. The van der Waals surface area contributed by atoms with E-state index in [2.05, 4.69) is 9.48 Å². The second kappa shape index (κ2) is 30.3. The summed E-state index contributed by atoms with van der Waals surface area (Å²) in [6.45, 7) is 10.8. The highest BCUT2D eigenvalue weighted by Gasteiger charge is 2.48. The van der Waals surface area contributed by atoms with Crippen LogP contribution in [0.15, 0.2) is 82.3 Å². The highest BCUT2D eigenvalue weighted by atomic mass is 32.2. The van der Waals surface area contributed by atoms with Gasteiger partial charge < -0.3 is 57.2 Å². The summed E-state index contributed by atoms with van der Waals surface area (Å²) in [5.74, 6) is -0.870. The maximum absolute atomic E-state index is 12.4. The van der Waals surface area contributed by atoms with E-state index in [1.807, 2.05) is 44.2 Å². The number of ether oxygens (including phenoxy) is 9. The molecule has 0 spiro atoms. The number of carbonyl (C=O) groups is 1. The van der Waals surface area contributed by atoms with Crippen molar-refractivity contribution in [2.45, 2.75) is 73.0 Å². The lowest BCUT2D eigenvalue weighted by molar-refractivity contribution is -0.441. The van der Waals surface area contributed by atoms with Crippen LogP contribution in [0.3, 0.4) is 0 Å². The average Bonchev–Trinajstić information content (AvgIpc) is 3.70. The number of carboxylic acid groups (broad SMARTS) is 1. The first kappa shape index (κ1) is 59.6. The van der Waals surface area contributed by atoms with Gasteiger partial charge in [-0.1, -0.05) is 24.6 Å². The first-order valence-electron chi connectivity index (χ1n) is 23.9. The van der Waals surface area contributed by atoms with E-state index >= 15 is 0 Å². The van der Waals surface area contributed by atoms with Crippen LogP contribution >= 0.6 is 0 Å². The lowest BCUT2D eigenvalue weighted by Gasteiger charge is -2.30. The summed E-state index contributed by atoms with van der Waals surface area (Å²) < 4.78 is 124. The van der Waals surface area contributed by atoms with Crippen molar-refractivity contribution < 1.29 is 83.0 Å². The molecule has 0 bridgehead atoms. The van der Waals surface area contributed by atoms with Gasteiger partial charge in [0.2, 0.25) is 5.69 Å². The summed E-state index contributed by atoms with van der Waals surface area (Å²) in [6, 6.07) is 8.99.